The third-order valence-corrected chi connectivity index (χ3v) is 3.60. The number of aromatic amines is 1. The summed E-state index contributed by atoms with van der Waals surface area (Å²) < 4.78 is 4.90. The number of halogens is 1. The van der Waals surface area contributed by atoms with Gasteiger partial charge in [0.1, 0.15) is 5.69 Å². The van der Waals surface area contributed by atoms with Crippen LogP contribution in [0.25, 0.3) is 0 Å². The average Bonchev–Trinajstić information content (AvgIpc) is 2.92. The Hall–Kier alpha value is -1.92. The van der Waals surface area contributed by atoms with Gasteiger partial charge in [0.15, 0.2) is 6.61 Å². The smallest absolute Gasteiger partial charge is 0.355 e. The Labute approximate surface area is 131 Å². The molecule has 0 atom stereocenters. The van der Waals surface area contributed by atoms with Gasteiger partial charge in [-0.15, -0.1) is 11.8 Å². The van der Waals surface area contributed by atoms with Crippen LogP contribution in [-0.2, 0) is 9.53 Å². The molecule has 0 aliphatic carbocycles. The molecule has 0 fully saturated rings. The Morgan fingerprint density at radius 2 is 2.14 bits per heavy atom. The fourth-order valence-corrected chi connectivity index (χ4v) is 2.35. The lowest BCUT2D eigenvalue weighted by Gasteiger charge is -2.09. The van der Waals surface area contributed by atoms with Crippen molar-refractivity contribution >= 4 is 40.9 Å². The summed E-state index contributed by atoms with van der Waals surface area (Å²) in [6.07, 6.45) is 3.38. The summed E-state index contributed by atoms with van der Waals surface area (Å²) in [6, 6.07) is 8.83. The molecule has 0 unspecified atom stereocenters. The minimum Gasteiger partial charge on any atom is -0.451 e. The summed E-state index contributed by atoms with van der Waals surface area (Å²) in [5.41, 5.74) is 0.895. The van der Waals surface area contributed by atoms with E-state index >= 15 is 0 Å². The van der Waals surface area contributed by atoms with Crippen LogP contribution in [0.1, 0.15) is 10.5 Å². The first-order chi connectivity index (χ1) is 10.1. The number of anilines is 1. The molecule has 0 saturated heterocycles. The number of esters is 1. The molecule has 0 aliphatic rings. The van der Waals surface area contributed by atoms with Gasteiger partial charge in [0.2, 0.25) is 0 Å². The Morgan fingerprint density at radius 1 is 1.38 bits per heavy atom. The maximum absolute atomic E-state index is 11.8. The molecule has 5 nitrogen and oxygen atoms in total. The highest BCUT2D eigenvalue weighted by Crippen LogP contribution is 2.24. The van der Waals surface area contributed by atoms with Crippen LogP contribution in [-0.4, -0.2) is 29.7 Å². The molecule has 2 N–H and O–H groups in total. The summed E-state index contributed by atoms with van der Waals surface area (Å²) in [4.78, 5) is 27.0. The number of carbonyl (C=O) groups excluding carboxylic acids is 2. The van der Waals surface area contributed by atoms with Gasteiger partial charge in [-0.25, -0.2) is 4.79 Å². The predicted molar refractivity (Wildman–Crippen MR) is 82.9 cm³/mol. The molecule has 7 heteroatoms. The zero-order chi connectivity index (χ0) is 15.2. The van der Waals surface area contributed by atoms with Crippen molar-refractivity contribution in [1.29, 1.82) is 0 Å². The molecule has 0 aliphatic heterocycles. The van der Waals surface area contributed by atoms with E-state index < -0.39 is 11.9 Å². The number of amides is 1. The predicted octanol–water partition coefficient (Wildman–Crippen LogP) is 3.19. The molecule has 1 heterocycles. The first-order valence-corrected chi connectivity index (χ1v) is 7.64. The second kappa shape index (κ2) is 7.19. The molecule has 21 heavy (non-hydrogen) atoms. The summed E-state index contributed by atoms with van der Waals surface area (Å²) in [6.45, 7) is -0.363. The van der Waals surface area contributed by atoms with Gasteiger partial charge in [-0.1, -0.05) is 23.7 Å². The number of hydrogen-bond donors (Lipinski definition) is 2. The Balaban J connectivity index is 1.89. The van der Waals surface area contributed by atoms with Crippen molar-refractivity contribution in [2.24, 2.45) is 0 Å². The van der Waals surface area contributed by atoms with Crippen LogP contribution < -0.4 is 5.32 Å². The maximum Gasteiger partial charge on any atom is 0.355 e. The van der Waals surface area contributed by atoms with E-state index in [4.69, 9.17) is 16.3 Å². The third kappa shape index (κ3) is 4.27. The lowest BCUT2D eigenvalue weighted by molar-refractivity contribution is -0.119. The van der Waals surface area contributed by atoms with Crippen LogP contribution in [0.4, 0.5) is 5.69 Å². The molecule has 1 aromatic carbocycles. The number of ether oxygens (including phenoxy) is 1. The van der Waals surface area contributed by atoms with Gasteiger partial charge in [0, 0.05) is 11.1 Å². The van der Waals surface area contributed by atoms with Crippen LogP contribution >= 0.6 is 23.4 Å². The lowest BCUT2D eigenvalue weighted by Crippen LogP contribution is -2.21. The Bertz CT molecular complexity index is 657. The third-order valence-electron chi connectivity index (χ3n) is 2.58. The van der Waals surface area contributed by atoms with Gasteiger partial charge in [0.05, 0.1) is 10.7 Å². The molecule has 0 spiro atoms. The molecule has 2 rings (SSSR count). The first kappa shape index (κ1) is 15.5. The van der Waals surface area contributed by atoms with Crippen molar-refractivity contribution in [3.63, 3.8) is 0 Å². The summed E-state index contributed by atoms with van der Waals surface area (Å²) >= 11 is 7.21. The van der Waals surface area contributed by atoms with Crippen LogP contribution in [0.5, 0.6) is 0 Å². The monoisotopic (exact) mass is 324 g/mol. The first-order valence-electron chi connectivity index (χ1n) is 6.04. The second-order valence-corrected chi connectivity index (χ2v) is 5.34. The lowest BCUT2D eigenvalue weighted by atomic mass is 10.3. The van der Waals surface area contributed by atoms with Gasteiger partial charge < -0.3 is 15.0 Å². The van der Waals surface area contributed by atoms with E-state index in [1.807, 2.05) is 24.5 Å². The van der Waals surface area contributed by atoms with Gasteiger partial charge >= 0.3 is 5.97 Å². The van der Waals surface area contributed by atoms with Gasteiger partial charge in [0.25, 0.3) is 5.91 Å². The van der Waals surface area contributed by atoms with E-state index in [0.717, 1.165) is 4.90 Å². The number of rotatable bonds is 5. The fourth-order valence-electron chi connectivity index (χ4n) is 1.63. The molecule has 0 saturated carbocycles. The van der Waals surface area contributed by atoms with E-state index in [9.17, 15) is 9.59 Å². The Kier molecular flexibility index (Phi) is 5.30. The number of nitrogens with one attached hydrogen (secondary N) is 2. The van der Waals surface area contributed by atoms with Gasteiger partial charge in [-0.05, 0) is 24.5 Å². The van der Waals surface area contributed by atoms with Crippen molar-refractivity contribution in [3.05, 3.63) is 47.2 Å². The zero-order valence-electron chi connectivity index (χ0n) is 11.2. The average molecular weight is 325 g/mol. The minimum atomic E-state index is -0.629. The SMILES string of the molecule is CSc1ccccc1NC(=O)COC(=O)c1cc(Cl)c[nH]1. The summed E-state index contributed by atoms with van der Waals surface area (Å²) in [5.74, 6) is -1.03. The molecule has 2 aromatic rings. The highest BCUT2D eigenvalue weighted by atomic mass is 35.5. The largest absolute Gasteiger partial charge is 0.451 e. The van der Waals surface area contributed by atoms with Crippen molar-refractivity contribution in [2.75, 3.05) is 18.2 Å². The number of benzene rings is 1. The van der Waals surface area contributed by atoms with E-state index in [-0.39, 0.29) is 12.3 Å². The number of H-pyrrole nitrogens is 1. The molecular weight excluding hydrogens is 312 g/mol. The Morgan fingerprint density at radius 3 is 2.81 bits per heavy atom. The van der Waals surface area contributed by atoms with Gasteiger partial charge in [-0.2, -0.15) is 0 Å². The van der Waals surface area contributed by atoms with Crippen LogP contribution in [0.15, 0.2) is 41.4 Å². The van der Waals surface area contributed by atoms with Crippen LogP contribution in [0.2, 0.25) is 5.02 Å². The van der Waals surface area contributed by atoms with E-state index in [0.29, 0.717) is 10.7 Å². The molecule has 0 bridgehead atoms. The topological polar surface area (TPSA) is 71.2 Å². The number of aromatic nitrogens is 1. The highest BCUT2D eigenvalue weighted by molar-refractivity contribution is 7.98. The quantitative estimate of drug-likeness (QED) is 0.654. The standard InChI is InChI=1S/C14H13ClN2O3S/c1-21-12-5-3-2-4-10(12)17-13(18)8-20-14(19)11-6-9(15)7-16-11/h2-7,16H,8H2,1H3,(H,17,18). The molecule has 1 aromatic heterocycles. The van der Waals surface area contributed by atoms with Crippen molar-refractivity contribution < 1.29 is 14.3 Å². The summed E-state index contributed by atoms with van der Waals surface area (Å²) in [5, 5.41) is 3.10. The van der Waals surface area contributed by atoms with Crippen LogP contribution in [0.3, 0.4) is 0 Å². The summed E-state index contributed by atoms with van der Waals surface area (Å²) in [7, 11) is 0. The minimum absolute atomic E-state index is 0.206. The van der Waals surface area contributed by atoms with Gasteiger partial charge in [-0.3, -0.25) is 4.79 Å². The van der Waals surface area contributed by atoms with E-state index in [2.05, 4.69) is 10.3 Å². The number of hydrogen-bond acceptors (Lipinski definition) is 4. The number of thioether (sulfide) groups is 1. The molecular formula is C14H13ClN2O3S. The number of para-hydroxylation sites is 1. The maximum atomic E-state index is 11.8. The molecule has 1 amide bonds. The number of carbonyl (C=O) groups is 2. The van der Waals surface area contributed by atoms with E-state index in [1.165, 1.54) is 24.0 Å². The normalized spacial score (nSPS) is 10.2. The second-order valence-electron chi connectivity index (χ2n) is 4.06. The van der Waals surface area contributed by atoms with Crippen LogP contribution in [0, 0.1) is 0 Å². The highest BCUT2D eigenvalue weighted by Gasteiger charge is 2.12. The molecule has 0 radical (unpaired) electrons. The van der Waals surface area contributed by atoms with E-state index in [1.54, 1.807) is 6.07 Å². The van der Waals surface area contributed by atoms with Crippen molar-refractivity contribution in [2.45, 2.75) is 4.90 Å². The van der Waals surface area contributed by atoms with Crippen molar-refractivity contribution in [3.8, 4) is 0 Å². The fraction of sp³-hybridized carbons (Fsp3) is 0.143. The van der Waals surface area contributed by atoms with Crippen molar-refractivity contribution in [1.82, 2.24) is 4.98 Å². The molecule has 110 valence electrons. The zero-order valence-corrected chi connectivity index (χ0v) is 12.8.